The van der Waals surface area contributed by atoms with E-state index in [-0.39, 0.29) is 6.61 Å². The zero-order chi connectivity index (χ0) is 15.1. The molecule has 4 nitrogen and oxygen atoms in total. The quantitative estimate of drug-likeness (QED) is 0.842. The normalized spacial score (nSPS) is 11.5. The van der Waals surface area contributed by atoms with Crippen LogP contribution in [0.3, 0.4) is 0 Å². The minimum Gasteiger partial charge on any atom is -0.491 e. The lowest BCUT2D eigenvalue weighted by Crippen LogP contribution is -2.26. The minimum absolute atomic E-state index is 0.190. The van der Waals surface area contributed by atoms with E-state index >= 15 is 0 Å². The fourth-order valence-electron chi connectivity index (χ4n) is 1.76. The molecule has 0 heterocycles. The second-order valence-electron chi connectivity index (χ2n) is 4.46. The molecule has 0 aliphatic heterocycles. The second kappa shape index (κ2) is 7.67. The number of nitrogens with zero attached hydrogens (tertiary/aromatic N) is 1. The third-order valence-electron chi connectivity index (χ3n) is 2.82. The summed E-state index contributed by atoms with van der Waals surface area (Å²) in [5.74, 6) is 0.720. The maximum absolute atomic E-state index is 9.91. The van der Waals surface area contributed by atoms with E-state index in [9.17, 15) is 5.11 Å². The Bertz CT molecular complexity index is 626. The van der Waals surface area contributed by atoms with E-state index in [1.165, 1.54) is 0 Å². The van der Waals surface area contributed by atoms with Gasteiger partial charge < -0.3 is 15.2 Å². The first kappa shape index (κ1) is 15.4. The van der Waals surface area contributed by atoms with Crippen molar-refractivity contribution in [3.8, 4) is 11.8 Å². The molecule has 0 saturated carbocycles. The number of benzene rings is 2. The summed E-state index contributed by atoms with van der Waals surface area (Å²) in [5, 5.41) is 22.0. The van der Waals surface area contributed by atoms with Gasteiger partial charge >= 0.3 is 0 Å². The molecule has 108 valence electrons. The Hall–Kier alpha value is -2.03. The molecule has 0 fully saturated rings. The molecule has 2 aromatic carbocycles. The van der Waals surface area contributed by atoms with Crippen LogP contribution < -0.4 is 10.1 Å². The summed E-state index contributed by atoms with van der Waals surface area (Å²) in [7, 11) is 0. The van der Waals surface area contributed by atoms with Crippen LogP contribution in [0.5, 0.6) is 5.75 Å². The minimum atomic E-state index is -0.666. The molecular weight excluding hydrogens is 332 g/mol. The summed E-state index contributed by atoms with van der Waals surface area (Å²) in [6.07, 6.45) is -0.666. The van der Waals surface area contributed by atoms with E-state index < -0.39 is 6.10 Å². The van der Waals surface area contributed by atoms with Gasteiger partial charge in [-0.1, -0.05) is 34.1 Å². The Morgan fingerprint density at radius 1 is 1.24 bits per heavy atom. The first-order valence-electron chi connectivity index (χ1n) is 6.48. The summed E-state index contributed by atoms with van der Waals surface area (Å²) in [5.41, 5.74) is 1.22. The van der Waals surface area contributed by atoms with Gasteiger partial charge in [0.1, 0.15) is 24.5 Å². The Balaban J connectivity index is 1.84. The van der Waals surface area contributed by atoms with Crippen LogP contribution in [0.1, 0.15) is 5.56 Å². The number of nitriles is 1. The molecule has 0 aliphatic rings. The lowest BCUT2D eigenvalue weighted by molar-refractivity contribution is 0.117. The fraction of sp³-hybridized carbons (Fsp3) is 0.188. The first-order valence-corrected chi connectivity index (χ1v) is 7.28. The standard InChI is InChI=1S/C16H15BrN2O2/c17-13-6-7-16(12(8-13)9-18)19-10-14(20)11-21-15-4-2-1-3-5-15/h1-8,14,19-20H,10-11H2. The number of nitrogens with one attached hydrogen (secondary N) is 1. The number of para-hydroxylation sites is 1. The average molecular weight is 347 g/mol. The van der Waals surface area contributed by atoms with Crippen LogP contribution in [-0.4, -0.2) is 24.4 Å². The number of hydrogen-bond donors (Lipinski definition) is 2. The Morgan fingerprint density at radius 3 is 2.71 bits per heavy atom. The van der Waals surface area contributed by atoms with Crippen molar-refractivity contribution in [3.05, 3.63) is 58.6 Å². The molecule has 1 atom stereocenters. The smallest absolute Gasteiger partial charge is 0.119 e. The van der Waals surface area contributed by atoms with Crippen molar-refractivity contribution in [1.82, 2.24) is 0 Å². The zero-order valence-corrected chi connectivity index (χ0v) is 12.9. The summed E-state index contributed by atoms with van der Waals surface area (Å²) in [6.45, 7) is 0.499. The fourth-order valence-corrected chi connectivity index (χ4v) is 2.12. The predicted molar refractivity (Wildman–Crippen MR) is 85.3 cm³/mol. The highest BCUT2D eigenvalue weighted by atomic mass is 79.9. The van der Waals surface area contributed by atoms with Gasteiger partial charge in [-0.05, 0) is 30.3 Å². The molecule has 21 heavy (non-hydrogen) atoms. The average Bonchev–Trinajstić information content (AvgIpc) is 2.52. The second-order valence-corrected chi connectivity index (χ2v) is 5.38. The molecule has 0 spiro atoms. The van der Waals surface area contributed by atoms with Gasteiger partial charge in [-0.2, -0.15) is 5.26 Å². The number of aliphatic hydroxyl groups is 1. The summed E-state index contributed by atoms with van der Waals surface area (Å²) >= 11 is 3.32. The van der Waals surface area contributed by atoms with Crippen LogP contribution in [0.15, 0.2) is 53.0 Å². The lowest BCUT2D eigenvalue weighted by Gasteiger charge is -2.14. The summed E-state index contributed by atoms with van der Waals surface area (Å²) in [6, 6.07) is 16.8. The highest BCUT2D eigenvalue weighted by molar-refractivity contribution is 9.10. The van der Waals surface area contributed by atoms with Crippen LogP contribution in [0.25, 0.3) is 0 Å². The molecule has 2 N–H and O–H groups in total. The SMILES string of the molecule is N#Cc1cc(Br)ccc1NCC(O)COc1ccccc1. The van der Waals surface area contributed by atoms with E-state index in [2.05, 4.69) is 27.3 Å². The molecule has 2 aromatic rings. The van der Waals surface area contributed by atoms with Crippen molar-refractivity contribution < 1.29 is 9.84 Å². The van der Waals surface area contributed by atoms with Gasteiger partial charge in [0.05, 0.1) is 11.3 Å². The topological polar surface area (TPSA) is 65.3 Å². The molecule has 2 rings (SSSR count). The van der Waals surface area contributed by atoms with Crippen LogP contribution in [0.4, 0.5) is 5.69 Å². The molecule has 0 aliphatic carbocycles. The molecule has 1 unspecified atom stereocenters. The number of ether oxygens (including phenoxy) is 1. The maximum Gasteiger partial charge on any atom is 0.119 e. The molecule has 0 radical (unpaired) electrons. The van der Waals surface area contributed by atoms with Crippen molar-refractivity contribution in [1.29, 1.82) is 5.26 Å². The predicted octanol–water partition coefficient (Wildman–Crippen LogP) is 3.17. The molecule has 0 aromatic heterocycles. The molecule has 5 heteroatoms. The van der Waals surface area contributed by atoms with Crippen LogP contribution in [0.2, 0.25) is 0 Å². The van der Waals surface area contributed by atoms with Gasteiger partial charge in [0.15, 0.2) is 0 Å². The van der Waals surface area contributed by atoms with E-state index in [0.29, 0.717) is 17.8 Å². The number of halogens is 1. The van der Waals surface area contributed by atoms with Crippen molar-refractivity contribution in [3.63, 3.8) is 0 Å². The van der Waals surface area contributed by atoms with Gasteiger partial charge in [-0.25, -0.2) is 0 Å². The highest BCUT2D eigenvalue weighted by Crippen LogP contribution is 2.20. The van der Waals surface area contributed by atoms with Gasteiger partial charge in [0.25, 0.3) is 0 Å². The number of aliphatic hydroxyl groups excluding tert-OH is 1. The molecule has 0 bridgehead atoms. The molecule has 0 amide bonds. The van der Waals surface area contributed by atoms with E-state index in [1.54, 1.807) is 12.1 Å². The Kier molecular flexibility index (Phi) is 5.61. The van der Waals surface area contributed by atoms with Crippen LogP contribution >= 0.6 is 15.9 Å². The van der Waals surface area contributed by atoms with Crippen molar-refractivity contribution in [2.45, 2.75) is 6.10 Å². The molecule has 0 saturated heterocycles. The zero-order valence-electron chi connectivity index (χ0n) is 11.3. The Morgan fingerprint density at radius 2 is 2.00 bits per heavy atom. The van der Waals surface area contributed by atoms with E-state index in [0.717, 1.165) is 10.2 Å². The monoisotopic (exact) mass is 346 g/mol. The third kappa shape index (κ3) is 4.78. The largest absolute Gasteiger partial charge is 0.491 e. The van der Waals surface area contributed by atoms with Crippen molar-refractivity contribution in [2.75, 3.05) is 18.5 Å². The van der Waals surface area contributed by atoms with Crippen LogP contribution in [-0.2, 0) is 0 Å². The summed E-state index contributed by atoms with van der Waals surface area (Å²) in [4.78, 5) is 0. The Labute approximate surface area is 132 Å². The van der Waals surface area contributed by atoms with Crippen molar-refractivity contribution >= 4 is 21.6 Å². The number of rotatable bonds is 6. The van der Waals surface area contributed by atoms with Gasteiger partial charge in [-0.15, -0.1) is 0 Å². The maximum atomic E-state index is 9.91. The lowest BCUT2D eigenvalue weighted by atomic mass is 10.2. The number of hydrogen-bond acceptors (Lipinski definition) is 4. The van der Waals surface area contributed by atoms with Gasteiger partial charge in [-0.3, -0.25) is 0 Å². The number of anilines is 1. The third-order valence-corrected chi connectivity index (χ3v) is 3.31. The van der Waals surface area contributed by atoms with Gasteiger partial charge in [0, 0.05) is 11.0 Å². The van der Waals surface area contributed by atoms with E-state index in [1.807, 2.05) is 36.4 Å². The molecular formula is C16H15BrN2O2. The summed E-state index contributed by atoms with van der Waals surface area (Å²) < 4.78 is 6.31. The van der Waals surface area contributed by atoms with E-state index in [4.69, 9.17) is 10.00 Å². The first-order chi connectivity index (χ1) is 10.2. The van der Waals surface area contributed by atoms with Crippen LogP contribution in [0, 0.1) is 11.3 Å². The van der Waals surface area contributed by atoms with Crippen molar-refractivity contribution in [2.24, 2.45) is 0 Å². The van der Waals surface area contributed by atoms with Gasteiger partial charge in [0.2, 0.25) is 0 Å². The highest BCUT2D eigenvalue weighted by Gasteiger charge is 2.07.